The van der Waals surface area contributed by atoms with Crippen molar-refractivity contribution in [2.24, 2.45) is 14.1 Å². The van der Waals surface area contributed by atoms with Crippen molar-refractivity contribution >= 4 is 21.6 Å². The van der Waals surface area contributed by atoms with Gasteiger partial charge in [0.1, 0.15) is 5.82 Å². The average Bonchev–Trinajstić information content (AvgIpc) is 3.12. The van der Waals surface area contributed by atoms with Gasteiger partial charge >= 0.3 is 0 Å². The number of aryl methyl sites for hydroxylation is 2. The molecule has 146 valence electrons. The summed E-state index contributed by atoms with van der Waals surface area (Å²) in [6.45, 7) is 0.201. The Morgan fingerprint density at radius 3 is 2.07 bits per heavy atom. The Balaban J connectivity index is 0.000000223. The molecule has 3 rings (SSSR count). The van der Waals surface area contributed by atoms with Gasteiger partial charge in [-0.3, -0.25) is 9.36 Å². The Kier molecular flexibility index (Phi) is 7.89. The van der Waals surface area contributed by atoms with Crippen molar-refractivity contribution in [3.05, 3.63) is 52.0 Å². The highest BCUT2D eigenvalue weighted by atomic mass is 79.9. The zero-order valence-electron chi connectivity index (χ0n) is 15.4. The summed E-state index contributed by atoms with van der Waals surface area (Å²) in [5.74, 6) is 0.750. The molecular formula is C17H24BrN7O2. The number of hydrogen-bond donors (Lipinski definition) is 3. The van der Waals surface area contributed by atoms with Crippen LogP contribution in [-0.2, 0) is 33.4 Å². The fourth-order valence-electron chi connectivity index (χ4n) is 2.50. The first-order valence-electron chi connectivity index (χ1n) is 8.40. The largest absolute Gasteiger partial charge is 0.396 e. The number of nitrogens with two attached hydrogens (primary N) is 1. The van der Waals surface area contributed by atoms with E-state index >= 15 is 0 Å². The molecule has 0 aliphatic heterocycles. The zero-order valence-corrected chi connectivity index (χ0v) is 17.0. The molecule has 0 bridgehead atoms. The number of aromatic nitrogens is 6. The summed E-state index contributed by atoms with van der Waals surface area (Å²) in [5, 5.41) is 25.9. The maximum absolute atomic E-state index is 8.97. The Bertz CT molecular complexity index is 846. The molecule has 0 spiro atoms. The van der Waals surface area contributed by atoms with Crippen LogP contribution in [0.3, 0.4) is 0 Å². The Hall–Kier alpha value is -2.30. The number of aliphatic hydroxyl groups is 2. The summed E-state index contributed by atoms with van der Waals surface area (Å²) in [5.41, 5.74) is 8.91. The minimum atomic E-state index is 0.0984. The smallest absolute Gasteiger partial charge is 0.132 e. The summed E-state index contributed by atoms with van der Waals surface area (Å²) in [4.78, 5) is 8.45. The van der Waals surface area contributed by atoms with Crippen molar-refractivity contribution < 1.29 is 10.2 Å². The van der Waals surface area contributed by atoms with E-state index in [-0.39, 0.29) is 13.2 Å². The lowest BCUT2D eigenvalue weighted by atomic mass is 10.1. The molecule has 0 unspecified atom stereocenters. The molecule has 9 nitrogen and oxygen atoms in total. The van der Waals surface area contributed by atoms with Crippen LogP contribution in [0, 0.1) is 0 Å². The van der Waals surface area contributed by atoms with Gasteiger partial charge in [-0.1, -0.05) is 0 Å². The van der Waals surface area contributed by atoms with Gasteiger partial charge in [-0.2, -0.15) is 10.2 Å². The van der Waals surface area contributed by atoms with Crippen molar-refractivity contribution in [1.29, 1.82) is 0 Å². The van der Waals surface area contributed by atoms with Crippen LogP contribution in [-0.4, -0.2) is 53.0 Å². The van der Waals surface area contributed by atoms with Gasteiger partial charge < -0.3 is 15.9 Å². The van der Waals surface area contributed by atoms with Crippen LogP contribution in [0.25, 0.3) is 0 Å². The van der Waals surface area contributed by atoms with Gasteiger partial charge in [-0.25, -0.2) is 9.97 Å². The molecule has 0 aliphatic carbocycles. The lowest BCUT2D eigenvalue weighted by Gasteiger charge is -2.00. The molecule has 0 fully saturated rings. The van der Waals surface area contributed by atoms with E-state index in [0.29, 0.717) is 24.9 Å². The molecule has 0 saturated carbocycles. The van der Waals surface area contributed by atoms with Gasteiger partial charge in [0.05, 0.1) is 21.5 Å². The highest BCUT2D eigenvalue weighted by molar-refractivity contribution is 9.10. The second-order valence-electron chi connectivity index (χ2n) is 5.92. The van der Waals surface area contributed by atoms with E-state index in [1.165, 1.54) is 0 Å². The molecule has 3 heterocycles. The Labute approximate surface area is 166 Å². The predicted octanol–water partition coefficient (Wildman–Crippen LogP) is 0.635. The predicted molar refractivity (Wildman–Crippen MR) is 105 cm³/mol. The molecule has 3 aromatic heterocycles. The number of nitrogen functional groups attached to an aromatic ring is 1. The van der Waals surface area contributed by atoms with Gasteiger partial charge in [0, 0.05) is 76.9 Å². The normalized spacial score (nSPS) is 10.6. The average molecular weight is 438 g/mol. The summed E-state index contributed by atoms with van der Waals surface area (Å²) in [7, 11) is 3.67. The third-order valence-corrected chi connectivity index (χ3v) is 4.06. The van der Waals surface area contributed by atoms with E-state index in [0.717, 1.165) is 27.2 Å². The van der Waals surface area contributed by atoms with Crippen LogP contribution in [0.5, 0.6) is 0 Å². The first-order chi connectivity index (χ1) is 12.9. The standard InChI is InChI=1S/C11H13BrN4O.C6H11N3O/c1-16-7-8(10(15-16)2-3-17)4-11-13-5-9(12)6-14-11;1-9-4-5(7)6(8-9)2-3-10/h5-7,17H,2-4H2,1H3;4,10H,2-3,7H2,1H3. The molecule has 10 heteroatoms. The first kappa shape index (κ1) is 21.0. The van der Waals surface area contributed by atoms with Crippen molar-refractivity contribution in [2.75, 3.05) is 18.9 Å². The summed E-state index contributed by atoms with van der Waals surface area (Å²) >= 11 is 3.30. The number of aliphatic hydroxyl groups excluding tert-OH is 2. The summed E-state index contributed by atoms with van der Waals surface area (Å²) < 4.78 is 4.25. The minimum absolute atomic E-state index is 0.0984. The molecular weight excluding hydrogens is 414 g/mol. The van der Waals surface area contributed by atoms with Crippen molar-refractivity contribution in [3.63, 3.8) is 0 Å². The van der Waals surface area contributed by atoms with Crippen LogP contribution in [0.15, 0.2) is 29.3 Å². The fourth-order valence-corrected chi connectivity index (χ4v) is 2.71. The number of anilines is 1. The quantitative estimate of drug-likeness (QED) is 0.515. The van der Waals surface area contributed by atoms with Gasteiger partial charge in [0.25, 0.3) is 0 Å². The molecule has 0 atom stereocenters. The lowest BCUT2D eigenvalue weighted by Crippen LogP contribution is -2.00. The highest BCUT2D eigenvalue weighted by Crippen LogP contribution is 2.12. The van der Waals surface area contributed by atoms with Crippen LogP contribution < -0.4 is 5.73 Å². The van der Waals surface area contributed by atoms with Gasteiger partial charge in [0.15, 0.2) is 0 Å². The minimum Gasteiger partial charge on any atom is -0.396 e. The number of rotatable bonds is 6. The van der Waals surface area contributed by atoms with Crippen LogP contribution in [0.1, 0.15) is 22.8 Å². The summed E-state index contributed by atoms with van der Waals surface area (Å²) in [6.07, 6.45) is 8.85. The Morgan fingerprint density at radius 2 is 1.52 bits per heavy atom. The van der Waals surface area contributed by atoms with Gasteiger partial charge in [-0.15, -0.1) is 0 Å². The third-order valence-electron chi connectivity index (χ3n) is 3.65. The third kappa shape index (κ3) is 6.42. The van der Waals surface area contributed by atoms with E-state index in [1.54, 1.807) is 35.0 Å². The number of halogens is 1. The molecule has 3 aromatic rings. The molecule has 0 radical (unpaired) electrons. The molecule has 27 heavy (non-hydrogen) atoms. The number of nitrogens with zero attached hydrogens (tertiary/aromatic N) is 6. The monoisotopic (exact) mass is 437 g/mol. The van der Waals surface area contributed by atoms with Crippen LogP contribution in [0.2, 0.25) is 0 Å². The van der Waals surface area contributed by atoms with Crippen LogP contribution in [0.4, 0.5) is 5.69 Å². The lowest BCUT2D eigenvalue weighted by molar-refractivity contribution is 0.297. The van der Waals surface area contributed by atoms with Crippen LogP contribution >= 0.6 is 15.9 Å². The maximum Gasteiger partial charge on any atom is 0.132 e. The molecule has 0 amide bonds. The molecule has 4 N–H and O–H groups in total. The van der Waals surface area contributed by atoms with E-state index in [2.05, 4.69) is 36.1 Å². The van der Waals surface area contributed by atoms with E-state index in [1.807, 2.05) is 13.2 Å². The molecule has 0 aromatic carbocycles. The zero-order chi connectivity index (χ0) is 19.8. The van der Waals surface area contributed by atoms with Gasteiger partial charge in [0.2, 0.25) is 0 Å². The topological polar surface area (TPSA) is 128 Å². The maximum atomic E-state index is 8.97. The van der Waals surface area contributed by atoms with E-state index < -0.39 is 0 Å². The molecule has 0 aliphatic rings. The van der Waals surface area contributed by atoms with Crippen molar-refractivity contribution in [3.8, 4) is 0 Å². The Morgan fingerprint density at radius 1 is 0.963 bits per heavy atom. The fraction of sp³-hybridized carbons (Fsp3) is 0.412. The van der Waals surface area contributed by atoms with E-state index in [4.69, 9.17) is 15.9 Å². The molecule has 0 saturated heterocycles. The summed E-state index contributed by atoms with van der Waals surface area (Å²) in [6, 6.07) is 0. The highest BCUT2D eigenvalue weighted by Gasteiger charge is 2.09. The SMILES string of the molecule is Cn1cc(Cc2ncc(Br)cn2)c(CCO)n1.Cn1cc(N)c(CCO)n1. The first-order valence-corrected chi connectivity index (χ1v) is 9.19. The van der Waals surface area contributed by atoms with E-state index in [9.17, 15) is 0 Å². The van der Waals surface area contributed by atoms with Crippen molar-refractivity contribution in [2.45, 2.75) is 19.3 Å². The van der Waals surface area contributed by atoms with Gasteiger partial charge in [-0.05, 0) is 15.9 Å². The second kappa shape index (κ2) is 10.1. The second-order valence-corrected chi connectivity index (χ2v) is 6.84. The number of hydrogen-bond acceptors (Lipinski definition) is 7. The van der Waals surface area contributed by atoms with Crippen molar-refractivity contribution in [1.82, 2.24) is 29.5 Å².